The molecule has 1 N–H and O–H groups in total. The van der Waals surface area contributed by atoms with Gasteiger partial charge in [-0.05, 0) is 79.4 Å². The Morgan fingerprint density at radius 3 is 2.47 bits per heavy atom. The molecule has 4 rings (SSSR count). The van der Waals surface area contributed by atoms with Crippen molar-refractivity contribution >= 4 is 69.8 Å². The summed E-state index contributed by atoms with van der Waals surface area (Å²) in [5.41, 5.74) is 3.49. The molecule has 3 aromatic rings. The van der Waals surface area contributed by atoms with Crippen LogP contribution in [0.25, 0.3) is 0 Å². The van der Waals surface area contributed by atoms with Crippen LogP contribution in [0.15, 0.2) is 71.3 Å². The number of carbonyl (C=O) groups excluding carboxylic acids is 2. The van der Waals surface area contributed by atoms with E-state index in [0.29, 0.717) is 32.0 Å². The maximum Gasteiger partial charge on any atom is 0.269 e. The summed E-state index contributed by atoms with van der Waals surface area (Å²) in [5, 5.41) is 13.7. The Bertz CT molecular complexity index is 1450. The molecule has 1 heterocycles. The van der Waals surface area contributed by atoms with Gasteiger partial charge in [-0.3, -0.25) is 14.5 Å². The van der Waals surface area contributed by atoms with Crippen molar-refractivity contribution in [2.24, 2.45) is 0 Å². The van der Waals surface area contributed by atoms with Crippen molar-refractivity contribution in [2.45, 2.75) is 25.5 Å². The van der Waals surface area contributed by atoms with Gasteiger partial charge < -0.3 is 5.32 Å². The number of thioether (sulfide) groups is 1. The summed E-state index contributed by atoms with van der Waals surface area (Å²) in [6, 6.07) is 19.4. The molecule has 1 saturated heterocycles. The average molecular weight is 557 g/mol. The number of hydrogen-bond acceptors (Lipinski definition) is 4. The molecule has 1 fully saturated rings. The van der Waals surface area contributed by atoms with Crippen LogP contribution in [-0.4, -0.2) is 17.1 Å². The average Bonchev–Trinajstić information content (AvgIpc) is 3.15. The molecule has 3 aromatic carbocycles. The topological polar surface area (TPSA) is 73.2 Å². The summed E-state index contributed by atoms with van der Waals surface area (Å²) < 4.78 is 0. The molecule has 0 radical (unpaired) electrons. The third-order valence-corrected chi connectivity index (χ3v) is 7.99. The highest BCUT2D eigenvalue weighted by Gasteiger charge is 2.41. The third-order valence-electron chi connectivity index (χ3n) is 5.79. The normalized spacial score (nSPS) is 16.6. The van der Waals surface area contributed by atoms with Crippen LogP contribution in [0.3, 0.4) is 0 Å². The maximum atomic E-state index is 13.7. The number of para-hydroxylation sites is 1. The molecular weight excluding hydrogens is 537 g/mol. The van der Waals surface area contributed by atoms with Crippen LogP contribution in [0.1, 0.15) is 16.7 Å². The molecule has 9 heteroatoms. The molecule has 1 unspecified atom stereocenters. The minimum absolute atomic E-state index is 0.189. The molecule has 0 aromatic heterocycles. The first kappa shape index (κ1) is 26.1. The molecule has 1 atom stereocenters. The van der Waals surface area contributed by atoms with Crippen molar-refractivity contribution in [1.29, 1.82) is 5.26 Å². The number of carbonyl (C=O) groups is 2. The van der Waals surface area contributed by atoms with Crippen LogP contribution in [0.4, 0.5) is 11.4 Å². The Morgan fingerprint density at radius 2 is 1.78 bits per heavy atom. The maximum absolute atomic E-state index is 13.7. The lowest BCUT2D eigenvalue weighted by molar-refractivity contribution is -0.117. The first-order valence-corrected chi connectivity index (χ1v) is 12.9. The number of benzene rings is 3. The van der Waals surface area contributed by atoms with Crippen LogP contribution < -0.4 is 10.2 Å². The van der Waals surface area contributed by atoms with Gasteiger partial charge in [0.05, 0.1) is 16.0 Å². The molecule has 2 amide bonds. The van der Waals surface area contributed by atoms with E-state index in [4.69, 9.17) is 34.8 Å². The van der Waals surface area contributed by atoms with Crippen molar-refractivity contribution in [1.82, 2.24) is 0 Å². The highest BCUT2D eigenvalue weighted by atomic mass is 35.5. The van der Waals surface area contributed by atoms with Gasteiger partial charge in [0.1, 0.15) is 16.7 Å². The zero-order valence-corrected chi connectivity index (χ0v) is 22.4. The Kier molecular flexibility index (Phi) is 7.97. The van der Waals surface area contributed by atoms with Crippen molar-refractivity contribution in [3.05, 3.63) is 103 Å². The molecule has 0 aliphatic carbocycles. The fraction of sp³-hybridized carbons (Fsp3) is 0.148. The number of aryl methyl sites for hydroxylation is 2. The van der Waals surface area contributed by atoms with E-state index in [1.807, 2.05) is 32.0 Å². The lowest BCUT2D eigenvalue weighted by Crippen LogP contribution is -2.31. The SMILES string of the molecule is Cc1ccc(N2C(=O)C(Cc3cc(Cl)ccc3Cl)SC2=C(C#N)C(=O)Nc2ccccc2Cl)cc1C. The zero-order chi connectivity index (χ0) is 26.0. The van der Waals surface area contributed by atoms with Crippen LogP contribution in [-0.2, 0) is 16.0 Å². The number of nitriles is 1. The van der Waals surface area contributed by atoms with E-state index >= 15 is 0 Å². The highest BCUT2D eigenvalue weighted by Crippen LogP contribution is 2.43. The Balaban J connectivity index is 1.78. The number of halogens is 3. The monoisotopic (exact) mass is 555 g/mol. The summed E-state index contributed by atoms with van der Waals surface area (Å²) in [7, 11) is 0. The van der Waals surface area contributed by atoms with E-state index in [-0.39, 0.29) is 22.9 Å². The van der Waals surface area contributed by atoms with E-state index in [9.17, 15) is 14.9 Å². The van der Waals surface area contributed by atoms with Gasteiger partial charge in [0.2, 0.25) is 5.91 Å². The molecular formula is C27H20Cl3N3O2S. The van der Waals surface area contributed by atoms with Crippen LogP contribution in [0.2, 0.25) is 15.1 Å². The largest absolute Gasteiger partial charge is 0.320 e. The standard InChI is InChI=1S/C27H20Cl3N3O2S/c1-15-7-9-19(11-16(15)2)33-26(35)24(13-17-12-18(28)8-10-21(17)29)36-27(33)20(14-31)25(34)32-23-6-4-3-5-22(23)30/h3-12,24H,13H2,1-2H3,(H,32,34). The quantitative estimate of drug-likeness (QED) is 0.264. The summed E-state index contributed by atoms with van der Waals surface area (Å²) in [5.74, 6) is -0.913. The predicted octanol–water partition coefficient (Wildman–Crippen LogP) is 7.33. The number of nitrogens with one attached hydrogen (secondary N) is 1. The van der Waals surface area contributed by atoms with Crippen molar-refractivity contribution in [2.75, 3.05) is 10.2 Å². The first-order chi connectivity index (χ1) is 17.2. The zero-order valence-electron chi connectivity index (χ0n) is 19.3. The second-order valence-electron chi connectivity index (χ2n) is 8.21. The molecule has 0 spiro atoms. The van der Waals surface area contributed by atoms with E-state index in [2.05, 4.69) is 5.32 Å². The Labute approximate surface area is 228 Å². The van der Waals surface area contributed by atoms with E-state index in [0.717, 1.165) is 22.9 Å². The summed E-state index contributed by atoms with van der Waals surface area (Å²) in [6.45, 7) is 3.91. The second kappa shape index (κ2) is 11.0. The molecule has 1 aliphatic rings. The number of anilines is 2. The minimum atomic E-state index is -0.656. The molecule has 5 nitrogen and oxygen atoms in total. The molecule has 36 heavy (non-hydrogen) atoms. The van der Waals surface area contributed by atoms with Gasteiger partial charge in [-0.2, -0.15) is 5.26 Å². The van der Waals surface area contributed by atoms with Gasteiger partial charge in [-0.15, -0.1) is 0 Å². The van der Waals surface area contributed by atoms with Gasteiger partial charge in [0, 0.05) is 15.7 Å². The lowest BCUT2D eigenvalue weighted by Gasteiger charge is -2.20. The van der Waals surface area contributed by atoms with Gasteiger partial charge >= 0.3 is 0 Å². The van der Waals surface area contributed by atoms with Crippen molar-refractivity contribution < 1.29 is 9.59 Å². The Hall–Kier alpha value is -2.95. The number of rotatable bonds is 5. The highest BCUT2D eigenvalue weighted by molar-refractivity contribution is 8.05. The van der Waals surface area contributed by atoms with E-state index in [1.54, 1.807) is 48.5 Å². The van der Waals surface area contributed by atoms with Gasteiger partial charge in [0.15, 0.2) is 0 Å². The first-order valence-electron chi connectivity index (χ1n) is 10.9. The molecule has 0 saturated carbocycles. The van der Waals surface area contributed by atoms with Crippen LogP contribution in [0, 0.1) is 25.2 Å². The summed E-state index contributed by atoms with van der Waals surface area (Å²) in [4.78, 5) is 28.3. The van der Waals surface area contributed by atoms with Gasteiger partial charge in [-0.25, -0.2) is 0 Å². The van der Waals surface area contributed by atoms with Crippen molar-refractivity contribution in [3.63, 3.8) is 0 Å². The van der Waals surface area contributed by atoms with Gasteiger partial charge in [0.25, 0.3) is 5.91 Å². The fourth-order valence-electron chi connectivity index (χ4n) is 3.73. The smallest absolute Gasteiger partial charge is 0.269 e. The molecule has 182 valence electrons. The lowest BCUT2D eigenvalue weighted by atomic mass is 10.1. The second-order valence-corrected chi connectivity index (χ2v) is 10.7. The number of amides is 2. The molecule has 0 bridgehead atoms. The number of hydrogen-bond donors (Lipinski definition) is 1. The third kappa shape index (κ3) is 5.40. The van der Waals surface area contributed by atoms with Crippen LogP contribution >= 0.6 is 46.6 Å². The van der Waals surface area contributed by atoms with Crippen LogP contribution in [0.5, 0.6) is 0 Å². The molecule has 1 aliphatic heterocycles. The summed E-state index contributed by atoms with van der Waals surface area (Å²) in [6.07, 6.45) is 0.276. The fourth-order valence-corrected chi connectivity index (χ4v) is 5.60. The predicted molar refractivity (Wildman–Crippen MR) is 148 cm³/mol. The van der Waals surface area contributed by atoms with E-state index in [1.165, 1.54) is 4.90 Å². The summed E-state index contributed by atoms with van der Waals surface area (Å²) >= 11 is 19.9. The minimum Gasteiger partial charge on any atom is -0.320 e. The van der Waals surface area contributed by atoms with Gasteiger partial charge in [-0.1, -0.05) is 64.8 Å². The number of nitrogens with zero attached hydrogens (tertiary/aromatic N) is 2. The van der Waals surface area contributed by atoms with Crippen molar-refractivity contribution in [3.8, 4) is 6.07 Å². The van der Waals surface area contributed by atoms with E-state index < -0.39 is 11.2 Å². The Morgan fingerprint density at radius 1 is 1.03 bits per heavy atom.